The zero-order chi connectivity index (χ0) is 15.4. The zero-order valence-corrected chi connectivity index (χ0v) is 12.6. The lowest BCUT2D eigenvalue weighted by molar-refractivity contribution is -0.126. The molecular weight excluding hydrogens is 274 g/mol. The number of imide groups is 1. The third-order valence-corrected chi connectivity index (χ3v) is 4.41. The van der Waals surface area contributed by atoms with Crippen molar-refractivity contribution in [1.82, 2.24) is 15.5 Å². The Hall–Kier alpha value is -1.79. The Morgan fingerprint density at radius 2 is 1.81 bits per heavy atom. The average Bonchev–Trinajstić information content (AvgIpc) is 2.73. The molecule has 21 heavy (non-hydrogen) atoms. The summed E-state index contributed by atoms with van der Waals surface area (Å²) in [6.45, 7) is 5.51. The largest absolute Gasteiger partial charge is 0.444 e. The average molecular weight is 295 g/mol. The molecule has 3 fully saturated rings. The summed E-state index contributed by atoms with van der Waals surface area (Å²) in [6.07, 6.45) is 2.28. The van der Waals surface area contributed by atoms with E-state index in [0.29, 0.717) is 12.8 Å². The van der Waals surface area contributed by atoms with Crippen LogP contribution in [0.2, 0.25) is 0 Å². The van der Waals surface area contributed by atoms with Crippen LogP contribution in [0, 0.1) is 0 Å². The first-order chi connectivity index (χ1) is 9.70. The maximum atomic E-state index is 12.3. The van der Waals surface area contributed by atoms with E-state index in [-0.39, 0.29) is 24.1 Å². The van der Waals surface area contributed by atoms with Crippen molar-refractivity contribution in [3.63, 3.8) is 0 Å². The summed E-state index contributed by atoms with van der Waals surface area (Å²) >= 11 is 0. The molecule has 0 saturated carbocycles. The molecule has 0 radical (unpaired) electrons. The van der Waals surface area contributed by atoms with Gasteiger partial charge in [0.15, 0.2) is 0 Å². The topological polar surface area (TPSA) is 87.7 Å². The molecule has 3 atom stereocenters. The van der Waals surface area contributed by atoms with Crippen molar-refractivity contribution >= 4 is 18.0 Å². The first-order valence-electron chi connectivity index (χ1n) is 7.35. The number of ether oxygens (including phenoxy) is 1. The van der Waals surface area contributed by atoms with E-state index >= 15 is 0 Å². The van der Waals surface area contributed by atoms with Gasteiger partial charge in [-0.2, -0.15) is 0 Å². The molecule has 0 aliphatic carbocycles. The zero-order valence-electron chi connectivity index (χ0n) is 12.6. The summed E-state index contributed by atoms with van der Waals surface area (Å²) in [5, 5.41) is 5.05. The molecule has 3 heterocycles. The first-order valence-corrected chi connectivity index (χ1v) is 7.35. The first kappa shape index (κ1) is 14.2. The van der Waals surface area contributed by atoms with Crippen LogP contribution in [0.25, 0.3) is 0 Å². The molecule has 0 aromatic heterocycles. The number of fused-ring (bicyclic) bond motifs is 2. The highest BCUT2D eigenvalue weighted by molar-refractivity contribution is 6.07. The van der Waals surface area contributed by atoms with Gasteiger partial charge in [0.25, 0.3) is 5.91 Å². The second kappa shape index (κ2) is 4.35. The maximum absolute atomic E-state index is 12.3. The number of amides is 4. The quantitative estimate of drug-likeness (QED) is 0.656. The summed E-state index contributed by atoms with van der Waals surface area (Å²) in [6, 6.07) is -0.546. The Balaban J connectivity index is 1.77. The molecule has 1 unspecified atom stereocenters. The van der Waals surface area contributed by atoms with Gasteiger partial charge in [0.2, 0.25) is 0 Å². The van der Waals surface area contributed by atoms with E-state index in [4.69, 9.17) is 4.74 Å². The van der Waals surface area contributed by atoms with Gasteiger partial charge >= 0.3 is 12.1 Å². The van der Waals surface area contributed by atoms with Crippen LogP contribution in [0.5, 0.6) is 0 Å². The third kappa shape index (κ3) is 2.34. The SMILES string of the molecule is CC(C)(C)OC(=O)N1[C@@H]2CC[C@H]1CC1(C2)NC(=O)NC1=O. The Kier molecular flexibility index (Phi) is 2.93. The number of nitrogens with one attached hydrogen (secondary N) is 2. The van der Waals surface area contributed by atoms with Gasteiger partial charge in [-0.3, -0.25) is 10.1 Å². The van der Waals surface area contributed by atoms with Gasteiger partial charge in [0.05, 0.1) is 0 Å². The van der Waals surface area contributed by atoms with Crippen LogP contribution < -0.4 is 10.6 Å². The summed E-state index contributed by atoms with van der Waals surface area (Å²) < 4.78 is 5.46. The van der Waals surface area contributed by atoms with Crippen molar-refractivity contribution in [1.29, 1.82) is 0 Å². The second-order valence-corrected chi connectivity index (χ2v) is 7.17. The van der Waals surface area contributed by atoms with E-state index in [9.17, 15) is 14.4 Å². The van der Waals surface area contributed by atoms with E-state index in [1.807, 2.05) is 20.8 Å². The van der Waals surface area contributed by atoms with Gasteiger partial charge in [0, 0.05) is 24.9 Å². The number of nitrogens with zero attached hydrogens (tertiary/aromatic N) is 1. The van der Waals surface area contributed by atoms with Crippen molar-refractivity contribution in [2.45, 2.75) is 69.7 Å². The molecule has 1 spiro atoms. The number of hydrogen-bond donors (Lipinski definition) is 2. The number of hydrogen-bond acceptors (Lipinski definition) is 4. The number of carbonyl (C=O) groups is 3. The van der Waals surface area contributed by atoms with Crippen molar-refractivity contribution in [3.8, 4) is 0 Å². The van der Waals surface area contributed by atoms with Crippen LogP contribution in [-0.2, 0) is 9.53 Å². The molecule has 3 rings (SSSR count). The lowest BCUT2D eigenvalue weighted by Gasteiger charge is -2.43. The van der Waals surface area contributed by atoms with Gasteiger partial charge < -0.3 is 15.0 Å². The Bertz CT molecular complexity index is 497. The van der Waals surface area contributed by atoms with E-state index in [2.05, 4.69) is 10.6 Å². The van der Waals surface area contributed by atoms with Crippen molar-refractivity contribution < 1.29 is 19.1 Å². The monoisotopic (exact) mass is 295 g/mol. The van der Waals surface area contributed by atoms with Crippen LogP contribution >= 0.6 is 0 Å². The van der Waals surface area contributed by atoms with Gasteiger partial charge in [0.1, 0.15) is 11.1 Å². The molecule has 7 heteroatoms. The minimum absolute atomic E-state index is 0.0530. The minimum Gasteiger partial charge on any atom is -0.444 e. The van der Waals surface area contributed by atoms with Crippen molar-refractivity contribution in [2.75, 3.05) is 0 Å². The molecular formula is C14H21N3O4. The Morgan fingerprint density at radius 3 is 2.24 bits per heavy atom. The smallest absolute Gasteiger partial charge is 0.410 e. The summed E-state index contributed by atoms with van der Waals surface area (Å²) in [7, 11) is 0. The fourth-order valence-electron chi connectivity index (χ4n) is 3.68. The highest BCUT2D eigenvalue weighted by Crippen LogP contribution is 2.42. The standard InChI is InChI=1S/C14H21N3O4/c1-13(2,3)21-12(20)17-8-4-5-9(17)7-14(6-8)10(18)15-11(19)16-14/h8-9H,4-7H2,1-3H3,(H2,15,16,18,19)/t8-,9+,14?. The number of piperidine rings is 1. The van der Waals surface area contributed by atoms with E-state index in [1.165, 1.54) is 0 Å². The molecule has 0 aromatic rings. The number of rotatable bonds is 0. The summed E-state index contributed by atoms with van der Waals surface area (Å²) in [5.41, 5.74) is -1.38. The number of urea groups is 1. The van der Waals surface area contributed by atoms with Crippen LogP contribution in [-0.4, -0.2) is 46.2 Å². The van der Waals surface area contributed by atoms with Gasteiger partial charge in [-0.05, 0) is 33.6 Å². The molecule has 3 saturated heterocycles. The molecule has 3 aliphatic heterocycles. The normalized spacial score (nSPS) is 34.9. The number of carbonyl (C=O) groups excluding carboxylic acids is 3. The highest BCUT2D eigenvalue weighted by atomic mass is 16.6. The fourth-order valence-corrected chi connectivity index (χ4v) is 3.68. The van der Waals surface area contributed by atoms with Crippen molar-refractivity contribution in [3.05, 3.63) is 0 Å². The van der Waals surface area contributed by atoms with E-state index in [0.717, 1.165) is 12.8 Å². The molecule has 3 aliphatic rings. The highest BCUT2D eigenvalue weighted by Gasteiger charge is 2.57. The summed E-state index contributed by atoms with van der Waals surface area (Å²) in [5.74, 6) is -0.270. The molecule has 4 amide bonds. The minimum atomic E-state index is -0.846. The van der Waals surface area contributed by atoms with Gasteiger partial charge in [-0.25, -0.2) is 9.59 Å². The fraction of sp³-hybridized carbons (Fsp3) is 0.786. The predicted octanol–water partition coefficient (Wildman–Crippen LogP) is 1.13. The third-order valence-electron chi connectivity index (χ3n) is 4.41. The van der Waals surface area contributed by atoms with Crippen LogP contribution in [0.15, 0.2) is 0 Å². The van der Waals surface area contributed by atoms with Crippen molar-refractivity contribution in [2.24, 2.45) is 0 Å². The Morgan fingerprint density at radius 1 is 1.24 bits per heavy atom. The second-order valence-electron chi connectivity index (χ2n) is 7.17. The van der Waals surface area contributed by atoms with E-state index in [1.54, 1.807) is 4.90 Å². The lowest BCUT2D eigenvalue weighted by atomic mass is 9.83. The Labute approximate surface area is 123 Å². The molecule has 116 valence electrons. The van der Waals surface area contributed by atoms with Gasteiger partial charge in [-0.15, -0.1) is 0 Å². The van der Waals surface area contributed by atoms with E-state index < -0.39 is 17.2 Å². The van der Waals surface area contributed by atoms with Gasteiger partial charge in [-0.1, -0.05) is 0 Å². The van der Waals surface area contributed by atoms with Crippen LogP contribution in [0.1, 0.15) is 46.5 Å². The maximum Gasteiger partial charge on any atom is 0.410 e. The lowest BCUT2D eigenvalue weighted by Crippen LogP contribution is -2.60. The summed E-state index contributed by atoms with van der Waals surface area (Å²) in [4.78, 5) is 37.6. The molecule has 2 N–H and O–H groups in total. The van der Waals surface area contributed by atoms with Crippen LogP contribution in [0.3, 0.4) is 0 Å². The molecule has 2 bridgehead atoms. The van der Waals surface area contributed by atoms with Crippen LogP contribution in [0.4, 0.5) is 9.59 Å². The molecule has 0 aromatic carbocycles. The predicted molar refractivity (Wildman–Crippen MR) is 73.5 cm³/mol. The molecule has 7 nitrogen and oxygen atoms in total.